The van der Waals surface area contributed by atoms with Crippen molar-refractivity contribution in [3.8, 4) is 0 Å². The first-order valence-corrected chi connectivity index (χ1v) is 4.79. The van der Waals surface area contributed by atoms with Crippen LogP contribution in [-0.2, 0) is 6.42 Å². The van der Waals surface area contributed by atoms with Gasteiger partial charge in [-0.3, -0.25) is 0 Å². The van der Waals surface area contributed by atoms with E-state index in [1.807, 2.05) is 6.20 Å². The second kappa shape index (κ2) is 4.39. The summed E-state index contributed by atoms with van der Waals surface area (Å²) in [6, 6.07) is 0.614. The average Bonchev–Trinajstić information content (AvgIpc) is 2.75. The second-order valence-corrected chi connectivity index (χ2v) is 3.40. The molecule has 1 radical (unpaired) electrons. The van der Waals surface area contributed by atoms with Gasteiger partial charge in [-0.25, -0.2) is 10.3 Å². The van der Waals surface area contributed by atoms with Crippen LogP contribution in [0.2, 0.25) is 0 Å². The van der Waals surface area contributed by atoms with Gasteiger partial charge in [-0.15, -0.1) is 0 Å². The van der Waals surface area contributed by atoms with E-state index in [1.165, 1.54) is 12.1 Å². The summed E-state index contributed by atoms with van der Waals surface area (Å²) in [4.78, 5) is 7.06. The maximum atomic E-state index is 4.30. The van der Waals surface area contributed by atoms with Gasteiger partial charge < -0.3 is 10.3 Å². The van der Waals surface area contributed by atoms with Crippen molar-refractivity contribution in [2.75, 3.05) is 19.6 Å². The number of aromatic amines is 1. The molecule has 0 amide bonds. The normalized spacial score (nSPS) is 22.3. The molecule has 2 N–H and O–H groups in total. The van der Waals surface area contributed by atoms with Crippen molar-refractivity contribution in [1.29, 1.82) is 0 Å². The molecule has 4 nitrogen and oxygen atoms in total. The van der Waals surface area contributed by atoms with Crippen LogP contribution in [0.1, 0.15) is 12.1 Å². The molecule has 1 saturated heterocycles. The number of hydrogen-bond acceptors (Lipinski definition) is 2. The van der Waals surface area contributed by atoms with E-state index in [4.69, 9.17) is 0 Å². The molecule has 0 aromatic carbocycles. The maximum absolute atomic E-state index is 4.30. The Bertz CT molecular complexity index is 226. The van der Waals surface area contributed by atoms with Crippen molar-refractivity contribution in [2.45, 2.75) is 18.9 Å². The third-order valence-electron chi connectivity index (χ3n) is 2.37. The molecular weight excluding hydrogens is 164 g/mol. The van der Waals surface area contributed by atoms with Gasteiger partial charge in [0.1, 0.15) is 0 Å². The number of imidazole rings is 1. The van der Waals surface area contributed by atoms with Gasteiger partial charge in [0.2, 0.25) is 0 Å². The van der Waals surface area contributed by atoms with Crippen LogP contribution in [0.15, 0.2) is 12.5 Å². The SMILES string of the molecule is c1ncc(CCNC2CC[N]C2)[nH]1. The first kappa shape index (κ1) is 8.72. The molecule has 4 heteroatoms. The smallest absolute Gasteiger partial charge is 0.0921 e. The number of nitrogens with one attached hydrogen (secondary N) is 2. The van der Waals surface area contributed by atoms with Gasteiger partial charge in [-0.2, -0.15) is 0 Å². The van der Waals surface area contributed by atoms with Gasteiger partial charge >= 0.3 is 0 Å². The van der Waals surface area contributed by atoms with Crippen LogP contribution < -0.4 is 10.6 Å². The third-order valence-corrected chi connectivity index (χ3v) is 2.37. The summed E-state index contributed by atoms with van der Waals surface area (Å²) >= 11 is 0. The van der Waals surface area contributed by atoms with E-state index in [0.29, 0.717) is 6.04 Å². The van der Waals surface area contributed by atoms with E-state index < -0.39 is 0 Å². The quantitative estimate of drug-likeness (QED) is 0.679. The highest BCUT2D eigenvalue weighted by Gasteiger charge is 2.13. The molecule has 0 saturated carbocycles. The van der Waals surface area contributed by atoms with Crippen LogP contribution >= 0.6 is 0 Å². The molecule has 0 bridgehead atoms. The number of aromatic nitrogens is 2. The van der Waals surface area contributed by atoms with Crippen LogP contribution in [0, 0.1) is 0 Å². The fourth-order valence-corrected chi connectivity index (χ4v) is 1.58. The van der Waals surface area contributed by atoms with Crippen molar-refractivity contribution in [2.24, 2.45) is 0 Å². The first-order valence-electron chi connectivity index (χ1n) is 4.79. The minimum atomic E-state index is 0.614. The van der Waals surface area contributed by atoms with Gasteiger partial charge in [-0.1, -0.05) is 0 Å². The van der Waals surface area contributed by atoms with Gasteiger partial charge in [0.25, 0.3) is 0 Å². The lowest BCUT2D eigenvalue weighted by Crippen LogP contribution is -2.31. The summed E-state index contributed by atoms with van der Waals surface area (Å²) < 4.78 is 0. The molecule has 1 aromatic heterocycles. The number of rotatable bonds is 4. The molecule has 1 aliphatic heterocycles. The predicted octanol–water partition coefficient (Wildman–Crippen LogP) is -0.0815. The Morgan fingerprint density at radius 3 is 3.31 bits per heavy atom. The van der Waals surface area contributed by atoms with Crippen LogP contribution in [0.3, 0.4) is 0 Å². The average molecular weight is 179 g/mol. The zero-order chi connectivity index (χ0) is 8.93. The number of nitrogens with zero attached hydrogens (tertiary/aromatic N) is 2. The molecule has 1 atom stereocenters. The van der Waals surface area contributed by atoms with E-state index in [1.54, 1.807) is 6.33 Å². The predicted molar refractivity (Wildman–Crippen MR) is 50.6 cm³/mol. The molecule has 2 rings (SSSR count). The minimum absolute atomic E-state index is 0.614. The molecule has 1 aliphatic rings. The lowest BCUT2D eigenvalue weighted by atomic mass is 10.2. The van der Waals surface area contributed by atoms with Crippen molar-refractivity contribution < 1.29 is 0 Å². The van der Waals surface area contributed by atoms with E-state index in [0.717, 1.165) is 26.1 Å². The molecule has 2 heterocycles. The Morgan fingerprint density at radius 2 is 2.62 bits per heavy atom. The summed E-state index contributed by atoms with van der Waals surface area (Å²) in [7, 11) is 0. The standard InChI is InChI=1S/C9H15N4/c1-3-10-5-8(1)12-4-2-9-6-11-7-13-9/h6-8,12H,1-5H2,(H,11,13). The highest BCUT2D eigenvalue weighted by molar-refractivity contribution is 4.94. The van der Waals surface area contributed by atoms with Gasteiger partial charge in [0, 0.05) is 44.0 Å². The van der Waals surface area contributed by atoms with Gasteiger partial charge in [0.15, 0.2) is 0 Å². The fraction of sp³-hybridized carbons (Fsp3) is 0.667. The Balaban J connectivity index is 1.63. The molecule has 71 valence electrons. The van der Waals surface area contributed by atoms with E-state index >= 15 is 0 Å². The number of hydrogen-bond donors (Lipinski definition) is 2. The largest absolute Gasteiger partial charge is 0.348 e. The fourth-order valence-electron chi connectivity index (χ4n) is 1.58. The van der Waals surface area contributed by atoms with Gasteiger partial charge in [-0.05, 0) is 6.42 Å². The highest BCUT2D eigenvalue weighted by Crippen LogP contribution is 1.99. The third kappa shape index (κ3) is 2.54. The molecule has 1 aromatic rings. The molecule has 1 unspecified atom stereocenters. The molecule has 0 spiro atoms. The molecule has 1 fully saturated rings. The topological polar surface area (TPSA) is 54.8 Å². The zero-order valence-corrected chi connectivity index (χ0v) is 7.66. The summed E-state index contributed by atoms with van der Waals surface area (Å²) in [5, 5.41) is 7.78. The lowest BCUT2D eigenvalue weighted by Gasteiger charge is -2.09. The summed E-state index contributed by atoms with van der Waals surface area (Å²) in [5.41, 5.74) is 1.20. The van der Waals surface area contributed by atoms with Crippen LogP contribution in [0.4, 0.5) is 0 Å². The lowest BCUT2D eigenvalue weighted by molar-refractivity contribution is 0.547. The van der Waals surface area contributed by atoms with Gasteiger partial charge in [0.05, 0.1) is 6.33 Å². The Hall–Kier alpha value is -0.870. The Kier molecular flexibility index (Phi) is 2.94. The zero-order valence-electron chi connectivity index (χ0n) is 7.66. The van der Waals surface area contributed by atoms with E-state index in [-0.39, 0.29) is 0 Å². The highest BCUT2D eigenvalue weighted by atomic mass is 15.0. The summed E-state index contributed by atoms with van der Waals surface area (Å²) in [6.45, 7) is 3.03. The van der Waals surface area contributed by atoms with Crippen molar-refractivity contribution in [1.82, 2.24) is 20.6 Å². The molecule has 0 aliphatic carbocycles. The van der Waals surface area contributed by atoms with E-state index in [2.05, 4.69) is 20.6 Å². The van der Waals surface area contributed by atoms with Crippen molar-refractivity contribution >= 4 is 0 Å². The van der Waals surface area contributed by atoms with Crippen molar-refractivity contribution in [3.63, 3.8) is 0 Å². The van der Waals surface area contributed by atoms with E-state index in [9.17, 15) is 0 Å². The second-order valence-electron chi connectivity index (χ2n) is 3.40. The number of H-pyrrole nitrogens is 1. The summed E-state index contributed by atoms with van der Waals surface area (Å²) in [6.07, 6.45) is 5.82. The van der Waals surface area contributed by atoms with Crippen LogP contribution in [0.25, 0.3) is 0 Å². The monoisotopic (exact) mass is 179 g/mol. The van der Waals surface area contributed by atoms with Crippen molar-refractivity contribution in [3.05, 3.63) is 18.2 Å². The maximum Gasteiger partial charge on any atom is 0.0921 e. The minimum Gasteiger partial charge on any atom is -0.348 e. The summed E-state index contributed by atoms with van der Waals surface area (Å²) in [5.74, 6) is 0. The Morgan fingerprint density at radius 1 is 1.62 bits per heavy atom. The first-order chi connectivity index (χ1) is 6.45. The Labute approximate surface area is 78.1 Å². The van der Waals surface area contributed by atoms with Crippen LogP contribution in [-0.4, -0.2) is 35.6 Å². The van der Waals surface area contributed by atoms with Crippen LogP contribution in [0.5, 0.6) is 0 Å². The molecular formula is C9H15N4. The molecule has 13 heavy (non-hydrogen) atoms.